The second-order valence-electron chi connectivity index (χ2n) is 5.95. The minimum Gasteiger partial charge on any atom is -0.302 e. The Morgan fingerprint density at radius 3 is 2.52 bits per heavy atom. The number of hydrogen-bond acceptors (Lipinski definition) is 4. The molecule has 27 heavy (non-hydrogen) atoms. The molecule has 7 heteroatoms. The number of aryl methyl sites for hydroxylation is 1. The number of aromatic nitrogens is 1. The maximum Gasteiger partial charge on any atom is 0.273 e. The highest BCUT2D eigenvalue weighted by Crippen LogP contribution is 2.25. The monoisotopic (exact) mass is 381 g/mol. The van der Waals surface area contributed by atoms with Gasteiger partial charge in [0, 0.05) is 34.1 Å². The minimum atomic E-state index is -0.489. The summed E-state index contributed by atoms with van der Waals surface area (Å²) in [5.41, 5.74) is 1.97. The van der Waals surface area contributed by atoms with E-state index in [0.717, 1.165) is 0 Å². The molecule has 0 aliphatic carbocycles. The highest BCUT2D eigenvalue weighted by Gasteiger charge is 2.22. The Kier molecular flexibility index (Phi) is 5.47. The molecule has 0 N–H and O–H groups in total. The summed E-state index contributed by atoms with van der Waals surface area (Å²) in [5.74, 6) is -0.355. The van der Waals surface area contributed by atoms with Gasteiger partial charge in [0.15, 0.2) is 0 Å². The van der Waals surface area contributed by atoms with Gasteiger partial charge in [-0.3, -0.25) is 19.9 Å². The molecule has 0 spiro atoms. The molecule has 0 aliphatic rings. The second kappa shape index (κ2) is 7.97. The number of carbonyl (C=O) groups is 1. The van der Waals surface area contributed by atoms with E-state index in [9.17, 15) is 14.9 Å². The van der Waals surface area contributed by atoms with Crippen LogP contribution in [0.5, 0.6) is 0 Å². The number of hydrogen-bond donors (Lipinski definition) is 0. The molecule has 136 valence electrons. The molecule has 1 heterocycles. The molecule has 3 aromatic rings. The average Bonchev–Trinajstić information content (AvgIpc) is 2.67. The fraction of sp³-hybridized carbons (Fsp3) is 0.100. The van der Waals surface area contributed by atoms with Gasteiger partial charge in [-0.05, 0) is 49.4 Å². The molecule has 0 aliphatic heterocycles. The average molecular weight is 382 g/mol. The van der Waals surface area contributed by atoms with E-state index in [1.165, 1.54) is 11.0 Å². The van der Waals surface area contributed by atoms with Crippen LogP contribution >= 0.6 is 11.6 Å². The van der Waals surface area contributed by atoms with Crippen LogP contribution in [0.15, 0.2) is 66.9 Å². The maximum atomic E-state index is 13.2. The smallest absolute Gasteiger partial charge is 0.273 e. The van der Waals surface area contributed by atoms with E-state index in [0.29, 0.717) is 22.0 Å². The number of anilines is 1. The first-order valence-corrected chi connectivity index (χ1v) is 8.56. The van der Waals surface area contributed by atoms with Gasteiger partial charge < -0.3 is 4.90 Å². The van der Waals surface area contributed by atoms with Crippen molar-refractivity contribution in [3.8, 4) is 0 Å². The topological polar surface area (TPSA) is 76.3 Å². The van der Waals surface area contributed by atoms with Crippen LogP contribution in [0.1, 0.15) is 21.6 Å². The van der Waals surface area contributed by atoms with E-state index in [4.69, 9.17) is 11.6 Å². The summed E-state index contributed by atoms with van der Waals surface area (Å²) >= 11 is 5.96. The van der Waals surface area contributed by atoms with Gasteiger partial charge in [0.2, 0.25) is 0 Å². The predicted molar refractivity (Wildman–Crippen MR) is 104 cm³/mol. The lowest BCUT2D eigenvalue weighted by atomic mass is 10.1. The van der Waals surface area contributed by atoms with Crippen molar-refractivity contribution < 1.29 is 9.72 Å². The third-order valence-electron chi connectivity index (χ3n) is 4.08. The summed E-state index contributed by atoms with van der Waals surface area (Å²) in [7, 11) is 0. The molecule has 1 amide bonds. The largest absolute Gasteiger partial charge is 0.302 e. The zero-order valence-corrected chi connectivity index (χ0v) is 15.3. The van der Waals surface area contributed by atoms with Crippen LogP contribution in [0.25, 0.3) is 0 Å². The van der Waals surface area contributed by atoms with Gasteiger partial charge in [0.1, 0.15) is 0 Å². The highest BCUT2D eigenvalue weighted by atomic mass is 35.5. The van der Waals surface area contributed by atoms with Gasteiger partial charge >= 0.3 is 0 Å². The summed E-state index contributed by atoms with van der Waals surface area (Å²) in [6.45, 7) is 1.86. The standard InChI is InChI=1S/C20H16ClN3O3/c1-14-5-6-15(12-19(14)24(26)27)20(25)23(13-17-4-2-3-11-22-17)18-9-7-16(21)8-10-18/h2-12H,13H2,1H3. The number of halogens is 1. The van der Waals surface area contributed by atoms with Crippen LogP contribution in [0.4, 0.5) is 11.4 Å². The van der Waals surface area contributed by atoms with E-state index >= 15 is 0 Å². The molecule has 0 atom stereocenters. The van der Waals surface area contributed by atoms with Crippen LogP contribution in [-0.4, -0.2) is 15.8 Å². The molecule has 1 aromatic heterocycles. The Morgan fingerprint density at radius 1 is 1.15 bits per heavy atom. The third kappa shape index (κ3) is 4.30. The summed E-state index contributed by atoms with van der Waals surface area (Å²) in [6.07, 6.45) is 1.65. The van der Waals surface area contributed by atoms with E-state index in [1.54, 1.807) is 55.6 Å². The van der Waals surface area contributed by atoms with Crippen molar-refractivity contribution in [3.63, 3.8) is 0 Å². The highest BCUT2D eigenvalue weighted by molar-refractivity contribution is 6.30. The lowest BCUT2D eigenvalue weighted by Gasteiger charge is -2.23. The molecular formula is C20H16ClN3O3. The molecule has 0 saturated carbocycles. The van der Waals surface area contributed by atoms with Crippen molar-refractivity contribution in [1.29, 1.82) is 0 Å². The number of nitro groups is 1. The number of nitro benzene ring substituents is 1. The second-order valence-corrected chi connectivity index (χ2v) is 6.38. The van der Waals surface area contributed by atoms with Gasteiger partial charge in [-0.2, -0.15) is 0 Å². The SMILES string of the molecule is Cc1ccc(C(=O)N(Cc2ccccn2)c2ccc(Cl)cc2)cc1[N+](=O)[O-]. The van der Waals surface area contributed by atoms with Crippen LogP contribution in [0, 0.1) is 17.0 Å². The Balaban J connectivity index is 2.01. The summed E-state index contributed by atoms with van der Waals surface area (Å²) in [4.78, 5) is 29.7. The van der Waals surface area contributed by atoms with Crippen molar-refractivity contribution in [1.82, 2.24) is 4.98 Å². The van der Waals surface area contributed by atoms with E-state index in [-0.39, 0.29) is 23.7 Å². The number of carbonyl (C=O) groups excluding carboxylic acids is 1. The molecule has 0 unspecified atom stereocenters. The zero-order chi connectivity index (χ0) is 19.4. The first kappa shape index (κ1) is 18.5. The van der Waals surface area contributed by atoms with Crippen LogP contribution in [-0.2, 0) is 6.54 Å². The number of amides is 1. The lowest BCUT2D eigenvalue weighted by molar-refractivity contribution is -0.385. The van der Waals surface area contributed by atoms with Crippen molar-refractivity contribution in [2.75, 3.05) is 4.90 Å². The molecule has 3 rings (SSSR count). The maximum absolute atomic E-state index is 13.2. The van der Waals surface area contributed by atoms with Gasteiger partial charge in [-0.1, -0.05) is 23.7 Å². The molecule has 6 nitrogen and oxygen atoms in total. The Morgan fingerprint density at radius 2 is 1.89 bits per heavy atom. The van der Waals surface area contributed by atoms with Gasteiger partial charge in [0.05, 0.1) is 17.2 Å². The summed E-state index contributed by atoms with van der Waals surface area (Å²) < 4.78 is 0. The molecule has 0 fully saturated rings. The van der Waals surface area contributed by atoms with Crippen LogP contribution < -0.4 is 4.90 Å². The summed E-state index contributed by atoms with van der Waals surface area (Å²) in [6, 6.07) is 16.7. The number of benzene rings is 2. The first-order valence-electron chi connectivity index (χ1n) is 8.18. The first-order chi connectivity index (χ1) is 13.0. The summed E-state index contributed by atoms with van der Waals surface area (Å²) in [5, 5.41) is 11.8. The third-order valence-corrected chi connectivity index (χ3v) is 4.33. The van der Waals surface area contributed by atoms with Crippen LogP contribution in [0.3, 0.4) is 0 Å². The molecule has 0 radical (unpaired) electrons. The number of pyridine rings is 1. The fourth-order valence-corrected chi connectivity index (χ4v) is 2.78. The normalized spacial score (nSPS) is 10.4. The molecule has 0 bridgehead atoms. The predicted octanol–water partition coefficient (Wildman–Crippen LogP) is 4.80. The van der Waals surface area contributed by atoms with Gasteiger partial charge in [-0.25, -0.2) is 0 Å². The quantitative estimate of drug-likeness (QED) is 0.470. The van der Waals surface area contributed by atoms with Crippen molar-refractivity contribution in [2.24, 2.45) is 0 Å². The Hall–Kier alpha value is -3.25. The fourth-order valence-electron chi connectivity index (χ4n) is 2.65. The molecular weight excluding hydrogens is 366 g/mol. The lowest BCUT2D eigenvalue weighted by Crippen LogP contribution is -2.30. The Labute approximate surface area is 161 Å². The van der Waals surface area contributed by atoms with Crippen molar-refractivity contribution in [3.05, 3.63) is 98.8 Å². The Bertz CT molecular complexity index is 976. The zero-order valence-electron chi connectivity index (χ0n) is 14.5. The van der Waals surface area contributed by atoms with E-state index in [1.807, 2.05) is 12.1 Å². The number of nitrogens with zero attached hydrogens (tertiary/aromatic N) is 3. The van der Waals surface area contributed by atoms with E-state index < -0.39 is 4.92 Å². The van der Waals surface area contributed by atoms with Crippen molar-refractivity contribution in [2.45, 2.75) is 13.5 Å². The van der Waals surface area contributed by atoms with Crippen LogP contribution in [0.2, 0.25) is 5.02 Å². The molecule has 0 saturated heterocycles. The van der Waals surface area contributed by atoms with Gasteiger partial charge in [-0.15, -0.1) is 0 Å². The van der Waals surface area contributed by atoms with Gasteiger partial charge in [0.25, 0.3) is 11.6 Å². The number of rotatable bonds is 5. The van der Waals surface area contributed by atoms with Crippen molar-refractivity contribution >= 4 is 28.9 Å². The minimum absolute atomic E-state index is 0.0882. The van der Waals surface area contributed by atoms with E-state index in [2.05, 4.69) is 4.98 Å². The molecule has 2 aromatic carbocycles.